The Labute approximate surface area is 344 Å². The van der Waals surface area contributed by atoms with E-state index in [2.05, 4.69) is 22.6 Å². The SMILES string of the molecule is COC1C#CC(=O)c2c(O)c3c4c(nc5cc(=CNN(C)C)ccn54)c2=C1CC/C=C/[C@H](OC)[C@@H](C)[C@@H](OC(C)=O)[C@H](C)[C@H](O)[C@H](C)[C@@H](O)[C@@H](C)/C=C/C=C(/C)C(=O)N3. The zero-order valence-corrected chi connectivity index (χ0v) is 35.4. The molecule has 0 radical (unpaired) electrons. The second kappa shape index (κ2) is 19.2. The summed E-state index contributed by atoms with van der Waals surface area (Å²) in [5.41, 5.74) is 5.08. The number of imidazole rings is 1. The fourth-order valence-electron chi connectivity index (χ4n) is 7.90. The second-order valence-corrected chi connectivity index (χ2v) is 15.7. The number of hydrazine groups is 1. The summed E-state index contributed by atoms with van der Waals surface area (Å²) in [6, 6.07) is 3.69. The van der Waals surface area contributed by atoms with Crippen molar-refractivity contribution in [3.05, 3.63) is 70.3 Å². The molecule has 1 aliphatic carbocycles. The van der Waals surface area contributed by atoms with Crippen LogP contribution in [0.1, 0.15) is 64.7 Å². The first kappa shape index (κ1) is 44.8. The molecule has 14 nitrogen and oxygen atoms in total. The van der Waals surface area contributed by atoms with E-state index < -0.39 is 77.6 Å². The van der Waals surface area contributed by atoms with Crippen LogP contribution in [0.15, 0.2) is 54.3 Å². The Balaban J connectivity index is 1.79. The Bertz CT molecular complexity index is 2370. The normalized spacial score (nSPS) is 29.6. The third-order valence-corrected chi connectivity index (χ3v) is 11.3. The number of phenols is 1. The van der Waals surface area contributed by atoms with Crippen molar-refractivity contribution in [2.24, 2.45) is 23.7 Å². The smallest absolute Gasteiger partial charge is 0.302 e. The number of ether oxygens (including phenoxy) is 3. The Hall–Kier alpha value is -5.30. The summed E-state index contributed by atoms with van der Waals surface area (Å²) in [6.45, 7) is 10.1. The fourth-order valence-corrected chi connectivity index (χ4v) is 7.90. The molecule has 2 bridgehead atoms. The minimum Gasteiger partial charge on any atom is -0.505 e. The van der Waals surface area contributed by atoms with Gasteiger partial charge in [-0.05, 0) is 48.6 Å². The molecule has 1 aliphatic heterocycles. The number of anilines is 1. The van der Waals surface area contributed by atoms with E-state index in [1.54, 1.807) is 74.8 Å². The van der Waals surface area contributed by atoms with Gasteiger partial charge in [-0.25, -0.2) is 9.99 Å². The van der Waals surface area contributed by atoms with Crippen molar-refractivity contribution in [3.8, 4) is 17.6 Å². The number of esters is 1. The summed E-state index contributed by atoms with van der Waals surface area (Å²) in [7, 11) is 6.77. The van der Waals surface area contributed by atoms with Gasteiger partial charge in [-0.2, -0.15) is 0 Å². The molecule has 0 saturated heterocycles. The number of aliphatic hydroxyl groups is 2. The molecule has 3 heterocycles. The maximum absolute atomic E-state index is 13.9. The molecule has 5 N–H and O–H groups in total. The van der Waals surface area contributed by atoms with Crippen molar-refractivity contribution in [2.45, 2.75) is 84.9 Å². The molecule has 0 saturated carbocycles. The molecule has 5 rings (SSSR count). The molecule has 2 aromatic heterocycles. The van der Waals surface area contributed by atoms with E-state index in [-0.39, 0.29) is 16.8 Å². The molecule has 9 atom stereocenters. The van der Waals surface area contributed by atoms with E-state index in [1.165, 1.54) is 14.0 Å². The van der Waals surface area contributed by atoms with Crippen LogP contribution in [0.2, 0.25) is 0 Å². The van der Waals surface area contributed by atoms with Crippen LogP contribution in [-0.4, -0.2) is 106 Å². The monoisotopic (exact) mass is 811 g/mol. The number of carbonyl (C=O) groups excluding carboxylic acids is 3. The van der Waals surface area contributed by atoms with Crippen LogP contribution in [0.4, 0.5) is 5.69 Å². The lowest BCUT2D eigenvalue weighted by Crippen LogP contribution is -2.46. The van der Waals surface area contributed by atoms with Gasteiger partial charge in [0.05, 0.1) is 23.9 Å². The number of allylic oxidation sites excluding steroid dienone is 3. The van der Waals surface area contributed by atoms with Crippen molar-refractivity contribution in [2.75, 3.05) is 33.6 Å². The molecular weight excluding hydrogens is 755 g/mol. The summed E-state index contributed by atoms with van der Waals surface area (Å²) in [6.07, 6.45) is 8.83. The van der Waals surface area contributed by atoms with Crippen LogP contribution in [0.3, 0.4) is 0 Å². The summed E-state index contributed by atoms with van der Waals surface area (Å²) in [4.78, 5) is 45.2. The Kier molecular flexibility index (Phi) is 14.6. The first-order valence-electron chi connectivity index (χ1n) is 19.8. The maximum Gasteiger partial charge on any atom is 0.302 e. The Morgan fingerprint density at radius 2 is 1.80 bits per heavy atom. The van der Waals surface area contributed by atoms with E-state index in [0.717, 1.165) is 5.22 Å². The minimum atomic E-state index is -1.05. The number of ketones is 1. The number of benzene rings is 1. The van der Waals surface area contributed by atoms with Crippen molar-refractivity contribution in [1.29, 1.82) is 0 Å². The minimum absolute atomic E-state index is 0.0141. The van der Waals surface area contributed by atoms with Gasteiger partial charge < -0.3 is 40.3 Å². The molecule has 14 heteroatoms. The second-order valence-electron chi connectivity index (χ2n) is 15.7. The number of hydrogen-bond donors (Lipinski definition) is 5. The van der Waals surface area contributed by atoms with E-state index in [4.69, 9.17) is 19.2 Å². The van der Waals surface area contributed by atoms with Gasteiger partial charge in [0.2, 0.25) is 5.78 Å². The molecule has 1 aromatic carbocycles. The van der Waals surface area contributed by atoms with Gasteiger partial charge in [0.15, 0.2) is 5.75 Å². The quantitative estimate of drug-likeness (QED) is 0.0634. The summed E-state index contributed by atoms with van der Waals surface area (Å²) >= 11 is 0. The van der Waals surface area contributed by atoms with Crippen LogP contribution in [0.5, 0.6) is 5.75 Å². The van der Waals surface area contributed by atoms with E-state index in [0.29, 0.717) is 40.3 Å². The van der Waals surface area contributed by atoms with Gasteiger partial charge in [0.1, 0.15) is 34.6 Å². The van der Waals surface area contributed by atoms with Crippen molar-refractivity contribution in [1.82, 2.24) is 19.8 Å². The van der Waals surface area contributed by atoms with Crippen molar-refractivity contribution < 1.29 is 43.9 Å². The predicted molar refractivity (Wildman–Crippen MR) is 226 cm³/mol. The van der Waals surface area contributed by atoms with Gasteiger partial charge in [-0.15, -0.1) is 0 Å². The standard InChI is InChI=1S/C45H57N5O9/c1-24-14-13-15-25(2)45(56)48-39-40-38(47-35-22-30(20-21-50(35)40)23-46-49(7)8)36-31(34(58-10)19-18-32(52)37(36)43(39)55)16-11-12-17-33(57-9)26(3)44(59-29(6)51)28(5)42(54)27(4)41(24)53/h12-15,17,20-24,26-28,33-34,41-42,44,46,53-55H,11,16H2,1-10H3,(H,48,56)/b14-13+,17-12+,25-15-,30-23?/t24-,26+,27+,28+,33-,34?,41-,42+,44+/m0/s1. The van der Waals surface area contributed by atoms with Crippen LogP contribution in [-0.2, 0) is 23.8 Å². The number of Topliss-reactive ketones (excluding diaryl/α,β-unsaturated/α-hetero) is 1. The summed E-state index contributed by atoms with van der Waals surface area (Å²) < 4.78 is 19.3. The molecule has 1 unspecified atom stereocenters. The number of carbonyl (C=O) groups is 3. The number of aromatic hydroxyl groups is 1. The van der Waals surface area contributed by atoms with Crippen LogP contribution in [0.25, 0.3) is 28.5 Å². The number of nitrogens with one attached hydrogen (secondary N) is 2. The lowest BCUT2D eigenvalue weighted by atomic mass is 9.78. The highest BCUT2D eigenvalue weighted by Crippen LogP contribution is 2.37. The summed E-state index contributed by atoms with van der Waals surface area (Å²) in [5, 5.41) is 40.8. The zero-order chi connectivity index (χ0) is 43.3. The Morgan fingerprint density at radius 3 is 2.46 bits per heavy atom. The average molecular weight is 812 g/mol. The van der Waals surface area contributed by atoms with Gasteiger partial charge in [-0.3, -0.25) is 18.8 Å². The molecule has 1 amide bonds. The molecular formula is C45H57N5O9. The molecule has 0 fully saturated rings. The first-order valence-corrected chi connectivity index (χ1v) is 19.8. The van der Waals surface area contributed by atoms with Gasteiger partial charge in [0.25, 0.3) is 5.91 Å². The maximum atomic E-state index is 13.9. The lowest BCUT2D eigenvalue weighted by Gasteiger charge is -2.38. The van der Waals surface area contributed by atoms with E-state index in [9.17, 15) is 29.7 Å². The van der Waals surface area contributed by atoms with Crippen molar-refractivity contribution in [3.63, 3.8) is 0 Å². The highest BCUT2D eigenvalue weighted by atomic mass is 16.5. The molecule has 3 aromatic rings. The number of pyridine rings is 1. The van der Waals surface area contributed by atoms with Crippen molar-refractivity contribution >= 4 is 51.8 Å². The molecule has 0 spiro atoms. The van der Waals surface area contributed by atoms with Crippen LogP contribution >= 0.6 is 0 Å². The molecule has 316 valence electrons. The lowest BCUT2D eigenvalue weighted by molar-refractivity contribution is -0.160. The zero-order valence-electron chi connectivity index (χ0n) is 35.4. The van der Waals surface area contributed by atoms with Gasteiger partial charge in [-0.1, -0.05) is 64.0 Å². The summed E-state index contributed by atoms with van der Waals surface area (Å²) in [5.74, 6) is 1.30. The molecule has 59 heavy (non-hydrogen) atoms. The van der Waals surface area contributed by atoms with Crippen LogP contribution < -0.4 is 21.2 Å². The fraction of sp³-hybridized carbons (Fsp3) is 0.467. The number of hydrogen-bond acceptors (Lipinski definition) is 12. The highest BCUT2D eigenvalue weighted by molar-refractivity contribution is 6.18. The number of nitrogens with zero attached hydrogens (tertiary/aromatic N) is 3. The first-order chi connectivity index (χ1) is 28.0. The Morgan fingerprint density at radius 1 is 1.07 bits per heavy atom. The third kappa shape index (κ3) is 9.61. The van der Waals surface area contributed by atoms with Gasteiger partial charge >= 0.3 is 5.97 Å². The third-order valence-electron chi connectivity index (χ3n) is 11.3. The highest BCUT2D eigenvalue weighted by Gasteiger charge is 2.39. The number of methoxy groups -OCH3 is 2. The number of fused-ring (bicyclic) bond motifs is 1. The number of aromatic nitrogens is 2. The van der Waals surface area contributed by atoms with Crippen LogP contribution in [0, 0.1) is 35.5 Å². The van der Waals surface area contributed by atoms with E-state index in [1.807, 2.05) is 45.3 Å². The number of rotatable bonds is 5. The topological polar surface area (TPSA) is 184 Å². The predicted octanol–water partition coefficient (Wildman–Crippen LogP) is 3.37. The number of phenolic OH excluding ortho intramolecular Hbond substituents is 1. The largest absolute Gasteiger partial charge is 0.505 e. The number of amides is 1. The van der Waals surface area contributed by atoms with E-state index >= 15 is 0 Å². The number of aliphatic hydroxyl groups excluding tert-OH is 2. The van der Waals surface area contributed by atoms with Gasteiger partial charge in [0, 0.05) is 82.1 Å². The molecule has 2 aliphatic rings. The average Bonchev–Trinajstić information content (AvgIpc) is 3.51.